The Bertz CT molecular complexity index is 1080. The summed E-state index contributed by atoms with van der Waals surface area (Å²) in [5.74, 6) is 3.58. The van der Waals surface area contributed by atoms with Crippen molar-refractivity contribution in [1.82, 2.24) is 0 Å². The highest BCUT2D eigenvalue weighted by Crippen LogP contribution is 2.59. The summed E-state index contributed by atoms with van der Waals surface area (Å²) in [5.41, 5.74) is 4.61. The highest BCUT2D eigenvalue weighted by Gasteiger charge is 2.50. The number of hydrogen-bond donors (Lipinski definition) is 2. The minimum Gasteiger partial charge on any atom is -0.393 e. The van der Waals surface area contributed by atoms with Gasteiger partial charge in [0, 0.05) is 0 Å². The first-order valence-corrected chi connectivity index (χ1v) is 25.2. The Balaban J connectivity index is 0.000000388. The minimum absolute atomic E-state index is 0.0300. The summed E-state index contributed by atoms with van der Waals surface area (Å²) >= 11 is 0. The van der Waals surface area contributed by atoms with Crippen molar-refractivity contribution in [3.8, 4) is 0 Å². The van der Waals surface area contributed by atoms with Gasteiger partial charge in [-0.05, 0) is 105 Å². The summed E-state index contributed by atoms with van der Waals surface area (Å²) in [7, 11) is 0. The molecule has 0 aliphatic heterocycles. The molecule has 2 nitrogen and oxygen atoms in total. The molecule has 326 valence electrons. The third-order valence-corrected chi connectivity index (χ3v) is 14.7. The number of rotatable bonds is 28. The van der Waals surface area contributed by atoms with Crippen molar-refractivity contribution in [3.05, 3.63) is 47.6 Å². The van der Waals surface area contributed by atoms with Crippen LogP contribution in [0.25, 0.3) is 0 Å². The van der Waals surface area contributed by atoms with Gasteiger partial charge in [-0.3, -0.25) is 0 Å². The lowest BCUT2D eigenvalue weighted by atomic mass is 9.61. The molecule has 0 saturated heterocycles. The van der Waals surface area contributed by atoms with Crippen LogP contribution in [0.3, 0.4) is 0 Å². The van der Waals surface area contributed by atoms with Gasteiger partial charge in [0.1, 0.15) is 0 Å². The zero-order chi connectivity index (χ0) is 41.0. The van der Waals surface area contributed by atoms with E-state index < -0.39 is 0 Å². The highest BCUT2D eigenvalue weighted by atomic mass is 16.3. The van der Waals surface area contributed by atoms with Crippen molar-refractivity contribution in [1.29, 1.82) is 0 Å². The molecule has 0 aromatic heterocycles. The molecular formula is C54H98O2. The summed E-state index contributed by atoms with van der Waals surface area (Å²) in [4.78, 5) is 0. The van der Waals surface area contributed by atoms with E-state index in [1.165, 1.54) is 178 Å². The number of aliphatic hydroxyl groups excluding tert-OH is 2. The molecule has 0 spiro atoms. The Labute approximate surface area is 351 Å². The molecule has 0 aromatic carbocycles. The second-order valence-corrected chi connectivity index (χ2v) is 19.8. The quantitative estimate of drug-likeness (QED) is 0.0613. The van der Waals surface area contributed by atoms with Crippen molar-refractivity contribution >= 4 is 0 Å². The zero-order valence-electron chi connectivity index (χ0n) is 38.9. The molecule has 3 rings (SSSR count). The highest BCUT2D eigenvalue weighted by molar-refractivity contribution is 5.36. The van der Waals surface area contributed by atoms with Crippen molar-refractivity contribution in [2.45, 2.75) is 260 Å². The molecule has 0 amide bonds. The van der Waals surface area contributed by atoms with Gasteiger partial charge in [-0.25, -0.2) is 0 Å². The summed E-state index contributed by atoms with van der Waals surface area (Å²) in [6.07, 6.45) is 49.9. The molecule has 56 heavy (non-hydrogen) atoms. The van der Waals surface area contributed by atoms with Crippen LogP contribution in [0.5, 0.6) is 0 Å². The standard InChI is InChI=1S/C28H44O.C26H54O/c1-19(2)20(3)9-10-22(5)26-15-16-27-23(8-7-17-28(26,27)6)12-13-24-18-25(29)14-11-21(24)4;1-3-5-7-9-11-13-15-17-19-21-23-25-26(27)24-22-20-18-16-14-12-10-8-6-4-2/h9-10,12-13,19-20,22,25-27,29H,4,7-8,11,14-18H2,1-3,5-6H3;26-27H,3-25H2,1-2H3/b10-9+,23-12+,24-13-;/t20-,22+,25-,26+,27-,28+;/m0./s1. The van der Waals surface area contributed by atoms with Crippen LogP contribution >= 0.6 is 0 Å². The average Bonchev–Trinajstić information content (AvgIpc) is 3.54. The lowest BCUT2D eigenvalue weighted by Crippen LogP contribution is -2.35. The maximum Gasteiger partial charge on any atom is 0.0583 e. The first kappa shape index (κ1) is 51.0. The van der Waals surface area contributed by atoms with Crippen molar-refractivity contribution < 1.29 is 10.2 Å². The molecule has 2 heteroatoms. The Hall–Kier alpha value is -1.12. The van der Waals surface area contributed by atoms with Crippen LogP contribution in [0.4, 0.5) is 0 Å². The Morgan fingerprint density at radius 1 is 0.661 bits per heavy atom. The monoisotopic (exact) mass is 779 g/mol. The topological polar surface area (TPSA) is 40.5 Å². The number of allylic oxidation sites excluding steroid dienone is 6. The largest absolute Gasteiger partial charge is 0.393 e. The predicted octanol–water partition coefficient (Wildman–Crippen LogP) is 17.0. The van der Waals surface area contributed by atoms with Gasteiger partial charge >= 0.3 is 0 Å². The van der Waals surface area contributed by atoms with E-state index in [4.69, 9.17) is 0 Å². The van der Waals surface area contributed by atoms with Gasteiger partial charge in [-0.2, -0.15) is 0 Å². The van der Waals surface area contributed by atoms with E-state index >= 15 is 0 Å². The van der Waals surface area contributed by atoms with Crippen LogP contribution in [0.15, 0.2) is 47.6 Å². The fourth-order valence-electron chi connectivity index (χ4n) is 10.3. The maximum atomic E-state index is 10.1. The van der Waals surface area contributed by atoms with Gasteiger partial charge in [-0.15, -0.1) is 0 Å². The van der Waals surface area contributed by atoms with Crippen molar-refractivity contribution in [3.63, 3.8) is 0 Å². The van der Waals surface area contributed by atoms with Gasteiger partial charge in [0.2, 0.25) is 0 Å². The molecule has 2 N–H and O–H groups in total. The van der Waals surface area contributed by atoms with Gasteiger partial charge in [0.25, 0.3) is 0 Å². The van der Waals surface area contributed by atoms with E-state index in [2.05, 4.69) is 79.3 Å². The molecule has 3 aliphatic rings. The molecule has 3 aliphatic carbocycles. The lowest BCUT2D eigenvalue weighted by molar-refractivity contribution is 0.112. The van der Waals surface area contributed by atoms with E-state index in [1.54, 1.807) is 5.57 Å². The van der Waals surface area contributed by atoms with Crippen LogP contribution in [-0.4, -0.2) is 22.4 Å². The van der Waals surface area contributed by atoms with Crippen LogP contribution in [0.1, 0.15) is 248 Å². The second-order valence-electron chi connectivity index (χ2n) is 19.8. The molecule has 0 heterocycles. The summed E-state index contributed by atoms with van der Waals surface area (Å²) in [6, 6.07) is 0. The first-order valence-electron chi connectivity index (χ1n) is 25.2. The lowest BCUT2D eigenvalue weighted by Gasteiger charge is -2.44. The molecule has 0 aromatic rings. The predicted molar refractivity (Wildman–Crippen MR) is 249 cm³/mol. The minimum atomic E-state index is -0.182. The molecule has 7 atom stereocenters. The van der Waals surface area contributed by atoms with E-state index in [1.807, 2.05) is 0 Å². The fraction of sp³-hybridized carbons (Fsp3) is 0.852. The molecule has 0 bridgehead atoms. The van der Waals surface area contributed by atoms with Gasteiger partial charge in [-0.1, -0.05) is 225 Å². The molecule has 1 unspecified atom stereocenters. The maximum absolute atomic E-state index is 10.1. The first-order chi connectivity index (χ1) is 27.0. The molecule has 3 fully saturated rings. The molecular weight excluding hydrogens is 681 g/mol. The smallest absolute Gasteiger partial charge is 0.0583 e. The number of aliphatic hydroxyl groups is 2. The third kappa shape index (κ3) is 20.7. The number of fused-ring (bicyclic) bond motifs is 1. The van der Waals surface area contributed by atoms with E-state index in [9.17, 15) is 10.2 Å². The zero-order valence-corrected chi connectivity index (χ0v) is 38.9. The second kappa shape index (κ2) is 30.9. The Kier molecular flexibility index (Phi) is 28.1. The van der Waals surface area contributed by atoms with Gasteiger partial charge in [0.05, 0.1) is 12.2 Å². The van der Waals surface area contributed by atoms with Gasteiger partial charge < -0.3 is 10.2 Å². The van der Waals surface area contributed by atoms with E-state index in [-0.39, 0.29) is 12.2 Å². The summed E-state index contributed by atoms with van der Waals surface area (Å²) in [6.45, 7) is 20.8. The molecule has 3 saturated carbocycles. The normalized spacial score (nSPS) is 25.8. The van der Waals surface area contributed by atoms with Crippen molar-refractivity contribution in [2.24, 2.45) is 35.0 Å². The number of unbranched alkanes of at least 4 members (excludes halogenated alkanes) is 19. The van der Waals surface area contributed by atoms with Crippen molar-refractivity contribution in [2.75, 3.05) is 0 Å². The molecule has 0 radical (unpaired) electrons. The summed E-state index contributed by atoms with van der Waals surface area (Å²) < 4.78 is 0. The number of hydrogen-bond acceptors (Lipinski definition) is 2. The summed E-state index contributed by atoms with van der Waals surface area (Å²) in [5, 5.41) is 20.2. The third-order valence-electron chi connectivity index (χ3n) is 14.7. The Morgan fingerprint density at radius 3 is 1.66 bits per heavy atom. The van der Waals surface area contributed by atoms with Gasteiger partial charge in [0.15, 0.2) is 0 Å². The SMILES string of the molecule is C=C1CC[C@H](O)C/C1=C/C=C1\CCC[C@]2(C)[C@@H]([C@H](C)/C=C/[C@H](C)C(C)C)CC[C@@H]12.CCCCCCCCCCCCCC(O)CCCCCCCCCCCC. The average molecular weight is 779 g/mol. The fourth-order valence-corrected chi connectivity index (χ4v) is 10.3. The Morgan fingerprint density at radius 2 is 1.16 bits per heavy atom. The van der Waals surface area contributed by atoms with Crippen LogP contribution in [0, 0.1) is 35.0 Å². The van der Waals surface area contributed by atoms with Crippen LogP contribution in [0.2, 0.25) is 0 Å². The van der Waals surface area contributed by atoms with Crippen LogP contribution < -0.4 is 0 Å². The van der Waals surface area contributed by atoms with E-state index in [0.29, 0.717) is 17.3 Å². The van der Waals surface area contributed by atoms with Crippen LogP contribution in [-0.2, 0) is 0 Å². The van der Waals surface area contributed by atoms with E-state index in [0.717, 1.165) is 49.9 Å².